The molecule has 2 aromatic rings. The van der Waals surface area contributed by atoms with E-state index in [-0.39, 0.29) is 11.9 Å². The van der Waals surface area contributed by atoms with Crippen molar-refractivity contribution in [1.29, 1.82) is 0 Å². The zero-order valence-corrected chi connectivity index (χ0v) is 15.7. The van der Waals surface area contributed by atoms with Crippen LogP contribution in [0.1, 0.15) is 56.5 Å². The number of benzene rings is 1. The van der Waals surface area contributed by atoms with Crippen LogP contribution in [0.15, 0.2) is 30.6 Å². The summed E-state index contributed by atoms with van der Waals surface area (Å²) in [5.41, 5.74) is 1.08. The lowest BCUT2D eigenvalue weighted by Gasteiger charge is -2.35. The van der Waals surface area contributed by atoms with Crippen molar-refractivity contribution >= 4 is 5.91 Å². The molecule has 0 N–H and O–H groups in total. The largest absolute Gasteiger partial charge is 0.496 e. The Kier molecular flexibility index (Phi) is 6.26. The van der Waals surface area contributed by atoms with Crippen LogP contribution in [-0.4, -0.2) is 39.2 Å². The summed E-state index contributed by atoms with van der Waals surface area (Å²) in [6.07, 6.45) is 7.12. The van der Waals surface area contributed by atoms with Crippen LogP contribution < -0.4 is 4.74 Å². The van der Waals surface area contributed by atoms with Gasteiger partial charge < -0.3 is 14.2 Å². The van der Waals surface area contributed by atoms with Crippen molar-refractivity contribution < 1.29 is 9.53 Å². The zero-order chi connectivity index (χ0) is 18.4. The molecule has 1 atom stereocenters. The SMILES string of the molecule is CCCn1cnnc1[C@@H]1CCCCN1C(=O)CCc1ccccc1OC. The minimum Gasteiger partial charge on any atom is -0.496 e. The highest BCUT2D eigenvalue weighted by molar-refractivity contribution is 5.77. The van der Waals surface area contributed by atoms with Gasteiger partial charge in [-0.2, -0.15) is 0 Å². The number of piperidine rings is 1. The van der Waals surface area contributed by atoms with E-state index in [1.807, 2.05) is 29.2 Å². The number of hydrogen-bond acceptors (Lipinski definition) is 4. The van der Waals surface area contributed by atoms with Gasteiger partial charge in [0.1, 0.15) is 12.1 Å². The normalized spacial score (nSPS) is 17.3. The van der Waals surface area contributed by atoms with Crippen LogP contribution >= 0.6 is 0 Å². The first-order valence-corrected chi connectivity index (χ1v) is 9.53. The summed E-state index contributed by atoms with van der Waals surface area (Å²) in [5.74, 6) is 1.96. The number of para-hydroxylation sites is 1. The lowest BCUT2D eigenvalue weighted by atomic mass is 9.99. The van der Waals surface area contributed by atoms with Crippen LogP contribution in [0.25, 0.3) is 0 Å². The van der Waals surface area contributed by atoms with E-state index in [2.05, 4.69) is 21.7 Å². The summed E-state index contributed by atoms with van der Waals surface area (Å²) < 4.78 is 7.49. The number of rotatable bonds is 7. The van der Waals surface area contributed by atoms with Crippen molar-refractivity contribution in [2.75, 3.05) is 13.7 Å². The molecule has 1 fully saturated rings. The van der Waals surface area contributed by atoms with Crippen LogP contribution in [0.4, 0.5) is 0 Å². The molecular weight excluding hydrogens is 328 g/mol. The second-order valence-electron chi connectivity index (χ2n) is 6.79. The number of hydrogen-bond donors (Lipinski definition) is 0. The number of aryl methyl sites for hydroxylation is 2. The molecule has 0 spiro atoms. The first-order chi connectivity index (χ1) is 12.7. The molecule has 1 aliphatic heterocycles. The van der Waals surface area contributed by atoms with E-state index < -0.39 is 0 Å². The molecule has 0 bridgehead atoms. The Hall–Kier alpha value is -2.37. The maximum atomic E-state index is 13.0. The van der Waals surface area contributed by atoms with Gasteiger partial charge in [0.05, 0.1) is 13.2 Å². The second-order valence-corrected chi connectivity index (χ2v) is 6.79. The monoisotopic (exact) mass is 356 g/mol. The third-order valence-corrected chi connectivity index (χ3v) is 5.03. The van der Waals surface area contributed by atoms with Crippen molar-refractivity contribution in [3.8, 4) is 5.75 Å². The molecular formula is C20H28N4O2. The molecule has 1 amide bonds. The van der Waals surface area contributed by atoms with Gasteiger partial charge in [0.15, 0.2) is 5.82 Å². The first-order valence-electron chi connectivity index (χ1n) is 9.53. The topological polar surface area (TPSA) is 60.2 Å². The number of amides is 1. The minimum atomic E-state index is 0.0444. The number of nitrogens with zero attached hydrogens (tertiary/aromatic N) is 4. The van der Waals surface area contributed by atoms with Crippen LogP contribution in [0.3, 0.4) is 0 Å². The molecule has 6 heteroatoms. The van der Waals surface area contributed by atoms with E-state index in [1.54, 1.807) is 13.4 Å². The van der Waals surface area contributed by atoms with E-state index in [0.717, 1.165) is 55.9 Å². The third-order valence-electron chi connectivity index (χ3n) is 5.03. The molecule has 0 unspecified atom stereocenters. The molecule has 2 heterocycles. The van der Waals surface area contributed by atoms with Crippen LogP contribution in [0.5, 0.6) is 5.75 Å². The fraction of sp³-hybridized carbons (Fsp3) is 0.550. The van der Waals surface area contributed by atoms with Crippen molar-refractivity contribution in [3.63, 3.8) is 0 Å². The average molecular weight is 356 g/mol. The van der Waals surface area contributed by atoms with Crippen molar-refractivity contribution in [1.82, 2.24) is 19.7 Å². The van der Waals surface area contributed by atoms with Gasteiger partial charge in [-0.3, -0.25) is 4.79 Å². The predicted octanol–water partition coefficient (Wildman–Crippen LogP) is 3.38. The Morgan fingerprint density at radius 2 is 2.15 bits per heavy atom. The molecule has 1 aliphatic rings. The number of methoxy groups -OCH3 is 1. The molecule has 140 valence electrons. The van der Waals surface area contributed by atoms with Gasteiger partial charge in [-0.25, -0.2) is 0 Å². The van der Waals surface area contributed by atoms with E-state index in [0.29, 0.717) is 12.8 Å². The Labute approximate surface area is 155 Å². The molecule has 6 nitrogen and oxygen atoms in total. The smallest absolute Gasteiger partial charge is 0.223 e. The van der Waals surface area contributed by atoms with Gasteiger partial charge in [0.25, 0.3) is 0 Å². The van der Waals surface area contributed by atoms with E-state index >= 15 is 0 Å². The Morgan fingerprint density at radius 1 is 1.31 bits per heavy atom. The lowest BCUT2D eigenvalue weighted by Crippen LogP contribution is -2.39. The number of carbonyl (C=O) groups excluding carboxylic acids is 1. The van der Waals surface area contributed by atoms with Gasteiger partial charge in [0, 0.05) is 19.5 Å². The Bertz CT molecular complexity index is 728. The number of aromatic nitrogens is 3. The number of ether oxygens (including phenoxy) is 1. The summed E-state index contributed by atoms with van der Waals surface area (Å²) in [6, 6.07) is 7.95. The molecule has 0 saturated carbocycles. The molecule has 0 aliphatic carbocycles. The summed E-state index contributed by atoms with van der Waals surface area (Å²) in [6.45, 7) is 3.83. The zero-order valence-electron chi connectivity index (χ0n) is 15.7. The van der Waals surface area contributed by atoms with Crippen LogP contribution in [0.2, 0.25) is 0 Å². The minimum absolute atomic E-state index is 0.0444. The Morgan fingerprint density at radius 3 is 2.96 bits per heavy atom. The molecule has 1 aromatic heterocycles. The maximum Gasteiger partial charge on any atom is 0.223 e. The number of likely N-dealkylation sites (tertiary alicyclic amines) is 1. The van der Waals surface area contributed by atoms with Crippen LogP contribution in [0, 0.1) is 0 Å². The average Bonchev–Trinajstić information content (AvgIpc) is 3.14. The fourth-order valence-electron chi connectivity index (χ4n) is 3.73. The second kappa shape index (κ2) is 8.83. The summed E-state index contributed by atoms with van der Waals surface area (Å²) in [4.78, 5) is 15.0. The van der Waals surface area contributed by atoms with E-state index in [1.165, 1.54) is 0 Å². The highest BCUT2D eigenvalue weighted by Gasteiger charge is 2.31. The van der Waals surface area contributed by atoms with Crippen molar-refractivity contribution in [2.24, 2.45) is 0 Å². The van der Waals surface area contributed by atoms with Crippen LogP contribution in [-0.2, 0) is 17.8 Å². The first kappa shape index (κ1) is 18.4. The molecule has 26 heavy (non-hydrogen) atoms. The molecule has 0 radical (unpaired) electrons. The molecule has 3 rings (SSSR count). The van der Waals surface area contributed by atoms with E-state index in [9.17, 15) is 4.79 Å². The quantitative estimate of drug-likeness (QED) is 0.763. The molecule has 1 saturated heterocycles. The summed E-state index contributed by atoms with van der Waals surface area (Å²) in [5, 5.41) is 8.42. The highest BCUT2D eigenvalue weighted by Crippen LogP contribution is 2.31. The summed E-state index contributed by atoms with van der Waals surface area (Å²) >= 11 is 0. The highest BCUT2D eigenvalue weighted by atomic mass is 16.5. The maximum absolute atomic E-state index is 13.0. The molecule has 1 aromatic carbocycles. The van der Waals surface area contributed by atoms with Crippen molar-refractivity contribution in [2.45, 2.75) is 58.0 Å². The fourth-order valence-corrected chi connectivity index (χ4v) is 3.73. The summed E-state index contributed by atoms with van der Waals surface area (Å²) in [7, 11) is 1.67. The lowest BCUT2D eigenvalue weighted by molar-refractivity contribution is -0.135. The number of carbonyl (C=O) groups is 1. The van der Waals surface area contributed by atoms with Gasteiger partial charge in [0.2, 0.25) is 5.91 Å². The van der Waals surface area contributed by atoms with Gasteiger partial charge in [-0.1, -0.05) is 25.1 Å². The Balaban J connectivity index is 1.71. The van der Waals surface area contributed by atoms with Gasteiger partial charge >= 0.3 is 0 Å². The predicted molar refractivity (Wildman–Crippen MR) is 99.9 cm³/mol. The van der Waals surface area contributed by atoms with Gasteiger partial charge in [-0.15, -0.1) is 10.2 Å². The van der Waals surface area contributed by atoms with Gasteiger partial charge in [-0.05, 0) is 43.7 Å². The third kappa shape index (κ3) is 4.06. The van der Waals surface area contributed by atoms with E-state index in [4.69, 9.17) is 4.74 Å². The standard InChI is InChI=1S/C20H28N4O2/c1-3-13-23-15-21-22-20(23)17-9-6-7-14-24(17)19(25)12-11-16-8-4-5-10-18(16)26-2/h4-5,8,10,15,17H,3,6-7,9,11-14H2,1-2H3/t17-/m0/s1. The van der Waals surface area contributed by atoms with Crippen molar-refractivity contribution in [3.05, 3.63) is 42.0 Å².